The van der Waals surface area contributed by atoms with Gasteiger partial charge in [0, 0.05) is 37.3 Å². The second-order valence-electron chi connectivity index (χ2n) is 6.08. The standard InChI is InChI=1S/C19H17F3N2O2/c20-15-4-1-3-13(11-15)18(25)23-7-2-8-24(10-9-23)19(26)14-5-6-16(21)17(22)12-14/h1,3-6,11-12H,2,7-10H2. The van der Waals surface area contributed by atoms with Crippen molar-refractivity contribution in [2.75, 3.05) is 26.2 Å². The van der Waals surface area contributed by atoms with E-state index in [1.807, 2.05) is 0 Å². The average molecular weight is 362 g/mol. The van der Waals surface area contributed by atoms with Crippen LogP contribution >= 0.6 is 0 Å². The Balaban J connectivity index is 1.68. The van der Waals surface area contributed by atoms with Crippen molar-refractivity contribution in [3.63, 3.8) is 0 Å². The van der Waals surface area contributed by atoms with Gasteiger partial charge in [0.2, 0.25) is 0 Å². The molecule has 1 aliphatic rings. The summed E-state index contributed by atoms with van der Waals surface area (Å²) < 4.78 is 39.7. The summed E-state index contributed by atoms with van der Waals surface area (Å²) in [4.78, 5) is 28.1. The van der Waals surface area contributed by atoms with Crippen LogP contribution < -0.4 is 0 Å². The van der Waals surface area contributed by atoms with E-state index in [-0.39, 0.29) is 30.1 Å². The molecule has 0 spiro atoms. The quantitative estimate of drug-likeness (QED) is 0.824. The number of carbonyl (C=O) groups is 2. The van der Waals surface area contributed by atoms with Crippen molar-refractivity contribution in [2.45, 2.75) is 6.42 Å². The van der Waals surface area contributed by atoms with Crippen molar-refractivity contribution in [1.82, 2.24) is 9.80 Å². The van der Waals surface area contributed by atoms with Crippen LogP contribution in [0.25, 0.3) is 0 Å². The van der Waals surface area contributed by atoms with Gasteiger partial charge in [0.05, 0.1) is 0 Å². The summed E-state index contributed by atoms with van der Waals surface area (Å²) in [6.45, 7) is 1.37. The van der Waals surface area contributed by atoms with Crippen molar-refractivity contribution in [3.05, 3.63) is 71.0 Å². The molecule has 2 aromatic rings. The summed E-state index contributed by atoms with van der Waals surface area (Å²) in [6.07, 6.45) is 0.538. The Kier molecular flexibility index (Phi) is 5.25. The highest BCUT2D eigenvalue weighted by Crippen LogP contribution is 2.15. The van der Waals surface area contributed by atoms with Gasteiger partial charge in [-0.25, -0.2) is 13.2 Å². The molecule has 0 unspecified atom stereocenters. The number of benzene rings is 2. The molecule has 26 heavy (non-hydrogen) atoms. The summed E-state index contributed by atoms with van der Waals surface area (Å²) in [5, 5.41) is 0. The summed E-state index contributed by atoms with van der Waals surface area (Å²) in [5.41, 5.74) is 0.319. The van der Waals surface area contributed by atoms with E-state index < -0.39 is 23.4 Å². The molecule has 0 aliphatic carbocycles. The molecule has 136 valence electrons. The summed E-state index contributed by atoms with van der Waals surface area (Å²) in [6, 6.07) is 8.48. The van der Waals surface area contributed by atoms with Crippen LogP contribution in [0.15, 0.2) is 42.5 Å². The lowest BCUT2D eigenvalue weighted by molar-refractivity contribution is 0.0718. The predicted octanol–water partition coefficient (Wildman–Crippen LogP) is 3.09. The zero-order chi connectivity index (χ0) is 18.7. The van der Waals surface area contributed by atoms with Gasteiger partial charge in [0.25, 0.3) is 11.8 Å². The number of carbonyl (C=O) groups excluding carboxylic acids is 2. The highest BCUT2D eigenvalue weighted by Gasteiger charge is 2.24. The van der Waals surface area contributed by atoms with Crippen LogP contribution in [0, 0.1) is 17.5 Å². The number of amides is 2. The molecule has 1 saturated heterocycles. The van der Waals surface area contributed by atoms with Gasteiger partial charge in [-0.15, -0.1) is 0 Å². The summed E-state index contributed by atoms with van der Waals surface area (Å²) in [5.74, 6) is -3.28. The fourth-order valence-corrected chi connectivity index (χ4v) is 2.94. The molecule has 2 amide bonds. The van der Waals surface area contributed by atoms with E-state index in [0.717, 1.165) is 12.1 Å². The van der Waals surface area contributed by atoms with E-state index in [2.05, 4.69) is 0 Å². The van der Waals surface area contributed by atoms with Crippen LogP contribution in [0.3, 0.4) is 0 Å². The molecular weight excluding hydrogens is 345 g/mol. The Bertz CT molecular complexity index is 841. The van der Waals surface area contributed by atoms with Gasteiger partial charge in [0.1, 0.15) is 5.82 Å². The van der Waals surface area contributed by atoms with Crippen molar-refractivity contribution >= 4 is 11.8 Å². The first-order valence-corrected chi connectivity index (χ1v) is 8.25. The Morgan fingerprint density at radius 3 is 1.92 bits per heavy atom. The van der Waals surface area contributed by atoms with Crippen LogP contribution in [-0.4, -0.2) is 47.8 Å². The molecule has 0 aromatic heterocycles. The number of hydrogen-bond donors (Lipinski definition) is 0. The molecule has 0 bridgehead atoms. The first-order valence-electron chi connectivity index (χ1n) is 8.25. The first-order chi connectivity index (χ1) is 12.5. The lowest BCUT2D eigenvalue weighted by atomic mass is 10.2. The lowest BCUT2D eigenvalue weighted by Crippen LogP contribution is -2.37. The third kappa shape index (κ3) is 3.87. The van der Waals surface area contributed by atoms with Gasteiger partial charge < -0.3 is 9.80 Å². The second-order valence-corrected chi connectivity index (χ2v) is 6.08. The van der Waals surface area contributed by atoms with E-state index in [1.165, 1.54) is 29.2 Å². The Hall–Kier alpha value is -2.83. The maximum absolute atomic E-state index is 13.3. The lowest BCUT2D eigenvalue weighted by Gasteiger charge is -2.22. The Morgan fingerprint density at radius 1 is 0.731 bits per heavy atom. The van der Waals surface area contributed by atoms with Gasteiger partial charge >= 0.3 is 0 Å². The fourth-order valence-electron chi connectivity index (χ4n) is 2.94. The molecule has 0 radical (unpaired) electrons. The molecule has 7 heteroatoms. The number of rotatable bonds is 2. The molecule has 1 aliphatic heterocycles. The van der Waals surface area contributed by atoms with E-state index in [1.54, 1.807) is 11.0 Å². The topological polar surface area (TPSA) is 40.6 Å². The molecule has 3 rings (SSSR count). The molecular formula is C19H17F3N2O2. The third-order valence-electron chi connectivity index (χ3n) is 4.31. The number of hydrogen-bond acceptors (Lipinski definition) is 2. The minimum absolute atomic E-state index is 0.0637. The second kappa shape index (κ2) is 7.59. The number of nitrogens with zero attached hydrogens (tertiary/aromatic N) is 2. The van der Waals surface area contributed by atoms with Crippen LogP contribution in [0.2, 0.25) is 0 Å². The summed E-state index contributed by atoms with van der Waals surface area (Å²) >= 11 is 0. The minimum Gasteiger partial charge on any atom is -0.337 e. The largest absolute Gasteiger partial charge is 0.337 e. The van der Waals surface area contributed by atoms with Crippen LogP contribution in [-0.2, 0) is 0 Å². The molecule has 2 aromatic carbocycles. The van der Waals surface area contributed by atoms with Crippen LogP contribution in [0.1, 0.15) is 27.1 Å². The zero-order valence-electron chi connectivity index (χ0n) is 13.9. The van der Waals surface area contributed by atoms with Crippen LogP contribution in [0.5, 0.6) is 0 Å². The fraction of sp³-hybridized carbons (Fsp3) is 0.263. The maximum atomic E-state index is 13.3. The normalized spacial score (nSPS) is 14.9. The highest BCUT2D eigenvalue weighted by atomic mass is 19.2. The molecule has 0 atom stereocenters. The number of halogens is 3. The maximum Gasteiger partial charge on any atom is 0.254 e. The molecule has 1 fully saturated rings. The highest BCUT2D eigenvalue weighted by molar-refractivity contribution is 5.95. The van der Waals surface area contributed by atoms with Gasteiger partial charge in [-0.2, -0.15) is 0 Å². The predicted molar refractivity (Wildman–Crippen MR) is 89.2 cm³/mol. The van der Waals surface area contributed by atoms with Crippen molar-refractivity contribution in [2.24, 2.45) is 0 Å². The van der Waals surface area contributed by atoms with Crippen molar-refractivity contribution in [1.29, 1.82) is 0 Å². The van der Waals surface area contributed by atoms with Crippen molar-refractivity contribution < 1.29 is 22.8 Å². The van der Waals surface area contributed by atoms with E-state index in [0.29, 0.717) is 19.5 Å². The van der Waals surface area contributed by atoms with E-state index >= 15 is 0 Å². The molecule has 0 saturated carbocycles. The van der Waals surface area contributed by atoms with Crippen molar-refractivity contribution in [3.8, 4) is 0 Å². The van der Waals surface area contributed by atoms with Gasteiger partial charge in [-0.05, 0) is 42.8 Å². The van der Waals surface area contributed by atoms with Gasteiger partial charge in [-0.1, -0.05) is 6.07 Å². The molecule has 0 N–H and O–H groups in total. The Morgan fingerprint density at radius 2 is 1.35 bits per heavy atom. The minimum atomic E-state index is -1.08. The molecule has 4 nitrogen and oxygen atoms in total. The van der Waals surface area contributed by atoms with Gasteiger partial charge in [0.15, 0.2) is 11.6 Å². The zero-order valence-corrected chi connectivity index (χ0v) is 13.9. The van der Waals surface area contributed by atoms with Gasteiger partial charge in [-0.3, -0.25) is 9.59 Å². The summed E-state index contributed by atoms with van der Waals surface area (Å²) in [7, 11) is 0. The Labute approximate surface area is 148 Å². The smallest absolute Gasteiger partial charge is 0.254 e. The third-order valence-corrected chi connectivity index (χ3v) is 4.31. The SMILES string of the molecule is O=C(c1cccc(F)c1)N1CCCN(C(=O)c2ccc(F)c(F)c2)CC1. The van der Waals surface area contributed by atoms with E-state index in [9.17, 15) is 22.8 Å². The average Bonchev–Trinajstić information content (AvgIpc) is 2.89. The molecule has 1 heterocycles. The van der Waals surface area contributed by atoms with E-state index in [4.69, 9.17) is 0 Å². The first kappa shape index (κ1) is 18.0. The van der Waals surface area contributed by atoms with Crippen LogP contribution in [0.4, 0.5) is 13.2 Å². The monoisotopic (exact) mass is 362 g/mol.